The van der Waals surface area contributed by atoms with Crippen molar-refractivity contribution in [2.24, 2.45) is 23.2 Å². The molecule has 1 heterocycles. The molecule has 4 atom stereocenters. The van der Waals surface area contributed by atoms with Gasteiger partial charge in [0, 0.05) is 5.56 Å². The van der Waals surface area contributed by atoms with Crippen molar-refractivity contribution in [3.63, 3.8) is 0 Å². The van der Waals surface area contributed by atoms with E-state index in [-0.39, 0.29) is 47.1 Å². The van der Waals surface area contributed by atoms with Crippen molar-refractivity contribution in [2.75, 3.05) is 7.11 Å². The van der Waals surface area contributed by atoms with Crippen LogP contribution in [-0.4, -0.2) is 24.2 Å². The molecule has 3 unspecified atom stereocenters. The first-order valence-corrected chi connectivity index (χ1v) is 13.7. The van der Waals surface area contributed by atoms with Crippen LogP contribution in [0, 0.1) is 30.1 Å². The number of carbonyl (C=O) groups excluding carboxylic acids is 2. The van der Waals surface area contributed by atoms with Crippen molar-refractivity contribution in [1.82, 2.24) is 0 Å². The Balaban J connectivity index is 1.56. The van der Waals surface area contributed by atoms with E-state index in [1.165, 1.54) is 13.5 Å². The molecule has 0 radical (unpaired) electrons. The highest BCUT2D eigenvalue weighted by Crippen LogP contribution is 2.57. The molecule has 2 aliphatic carbocycles. The molecule has 3 aliphatic rings. The third-order valence-corrected chi connectivity index (χ3v) is 8.98. The summed E-state index contributed by atoms with van der Waals surface area (Å²) in [6, 6.07) is 4.97. The molecule has 2 aromatic rings. The van der Waals surface area contributed by atoms with Gasteiger partial charge in [-0.3, -0.25) is 4.79 Å². The second-order valence-corrected chi connectivity index (χ2v) is 12.0. The van der Waals surface area contributed by atoms with Gasteiger partial charge in [0.15, 0.2) is 11.5 Å². The maximum Gasteiger partial charge on any atom is 0.346 e. The van der Waals surface area contributed by atoms with Crippen molar-refractivity contribution < 1.29 is 33.6 Å². The van der Waals surface area contributed by atoms with E-state index in [4.69, 9.17) is 30.5 Å². The lowest BCUT2D eigenvalue weighted by Crippen LogP contribution is -2.37. The van der Waals surface area contributed by atoms with E-state index in [1.807, 2.05) is 20.8 Å². The number of ether oxygens (including phenoxy) is 4. The number of hydrogen-bond donors (Lipinski definition) is 1. The molecular formula is C30H35ClO7. The summed E-state index contributed by atoms with van der Waals surface area (Å²) in [6.07, 6.45) is 3.75. The van der Waals surface area contributed by atoms with E-state index in [0.717, 1.165) is 19.3 Å². The normalized spacial score (nSPS) is 24.6. The van der Waals surface area contributed by atoms with Crippen LogP contribution < -0.4 is 14.2 Å². The monoisotopic (exact) mass is 542 g/mol. The van der Waals surface area contributed by atoms with Gasteiger partial charge < -0.3 is 24.1 Å². The van der Waals surface area contributed by atoms with E-state index >= 15 is 0 Å². The zero-order valence-corrected chi connectivity index (χ0v) is 23.3. The van der Waals surface area contributed by atoms with Gasteiger partial charge in [0.05, 0.1) is 29.2 Å². The van der Waals surface area contributed by atoms with Crippen LogP contribution in [-0.2, 0) is 16.1 Å². The molecule has 0 saturated heterocycles. The Morgan fingerprint density at radius 2 is 2.05 bits per heavy atom. The number of fused-ring (bicyclic) bond motifs is 4. The number of carbonyl (C=O) groups is 2. The number of halogens is 1. The lowest BCUT2D eigenvalue weighted by Gasteiger charge is -2.32. The molecule has 1 N–H and O–H groups in total. The van der Waals surface area contributed by atoms with E-state index < -0.39 is 17.5 Å². The third-order valence-electron chi connectivity index (χ3n) is 8.45. The predicted octanol–water partition coefficient (Wildman–Crippen LogP) is 6.93. The van der Waals surface area contributed by atoms with Crippen LogP contribution in [0.4, 0.5) is 0 Å². The topological polar surface area (TPSA) is 91.3 Å². The number of aryl methyl sites for hydroxylation is 1. The zero-order valence-electron chi connectivity index (χ0n) is 22.6. The minimum atomic E-state index is -0.836. The molecule has 2 saturated carbocycles. The van der Waals surface area contributed by atoms with Gasteiger partial charge in [-0.2, -0.15) is 0 Å². The Hall–Kier alpha value is -2.77. The van der Waals surface area contributed by atoms with Gasteiger partial charge in [-0.05, 0) is 81.0 Å². The quantitative estimate of drug-likeness (QED) is 0.312. The number of benzene rings is 2. The fraction of sp³-hybridized carbons (Fsp3) is 0.533. The lowest BCUT2D eigenvalue weighted by atomic mass is 9.75. The largest absolute Gasteiger partial charge is 0.495 e. The Bertz CT molecular complexity index is 1290. The molecule has 38 heavy (non-hydrogen) atoms. The van der Waals surface area contributed by atoms with E-state index in [1.54, 1.807) is 25.1 Å². The number of hydrogen-bond acceptors (Lipinski definition) is 7. The second kappa shape index (κ2) is 10.1. The van der Waals surface area contributed by atoms with Gasteiger partial charge in [0.2, 0.25) is 0 Å². The molecule has 8 heteroatoms. The second-order valence-electron chi connectivity index (χ2n) is 11.6. The smallest absolute Gasteiger partial charge is 0.346 e. The molecule has 7 nitrogen and oxygen atoms in total. The van der Waals surface area contributed by atoms with Crippen molar-refractivity contribution in [3.8, 4) is 23.0 Å². The predicted molar refractivity (Wildman–Crippen MR) is 142 cm³/mol. The highest BCUT2D eigenvalue weighted by molar-refractivity contribution is 6.32. The molecule has 0 amide bonds. The van der Waals surface area contributed by atoms with Gasteiger partial charge in [-0.1, -0.05) is 31.9 Å². The number of methoxy groups -OCH3 is 1. The summed E-state index contributed by atoms with van der Waals surface area (Å²) in [5.41, 5.74) is 1.09. The fourth-order valence-corrected chi connectivity index (χ4v) is 6.63. The maximum atomic E-state index is 13.5. The molecule has 0 spiro atoms. The van der Waals surface area contributed by atoms with Crippen LogP contribution in [0.3, 0.4) is 0 Å². The summed E-state index contributed by atoms with van der Waals surface area (Å²) in [4.78, 5) is 26.7. The van der Waals surface area contributed by atoms with Crippen LogP contribution in [0.15, 0.2) is 18.2 Å². The average molecular weight is 543 g/mol. The number of aliphatic hydroxyl groups is 1. The van der Waals surface area contributed by atoms with Crippen LogP contribution >= 0.6 is 11.6 Å². The SMILES string of the molecule is COc1c([C@@H](O)CC(C)C)ccc2c1C(=O)OCc1c(Cl)c(C)cc(OC(=O)C3(C)CC4CCC3C4)c1O2. The van der Waals surface area contributed by atoms with Crippen molar-refractivity contribution >= 4 is 23.5 Å². The standard InChI is InChI=1S/C30H35ClO7/c1-15(2)10-21(32)19-8-9-22-24(27(19)35-5)28(33)36-14-20-25(31)16(3)11-23(26(20)37-22)38-29(34)30(4)13-17-6-7-18(30)12-17/h8-9,11,15,17-18,21,32H,6-7,10,12-14H2,1-5H3/t17?,18?,21-,30?/m0/s1. The Morgan fingerprint density at radius 1 is 1.29 bits per heavy atom. The molecule has 2 fully saturated rings. The highest BCUT2D eigenvalue weighted by Gasteiger charge is 2.53. The highest BCUT2D eigenvalue weighted by atomic mass is 35.5. The first kappa shape index (κ1) is 26.8. The summed E-state index contributed by atoms with van der Waals surface area (Å²) in [5.74, 6) is 0.999. The minimum absolute atomic E-state index is 0.0625. The van der Waals surface area contributed by atoms with Crippen molar-refractivity contribution in [3.05, 3.63) is 45.5 Å². The van der Waals surface area contributed by atoms with Crippen LogP contribution in [0.2, 0.25) is 5.02 Å². The van der Waals surface area contributed by atoms with E-state index in [0.29, 0.717) is 40.0 Å². The van der Waals surface area contributed by atoms with Gasteiger partial charge >= 0.3 is 11.9 Å². The molecule has 5 rings (SSSR count). The molecule has 1 aliphatic heterocycles. The first-order chi connectivity index (χ1) is 18.0. The third kappa shape index (κ3) is 4.54. The Labute approximate surface area is 228 Å². The van der Waals surface area contributed by atoms with Crippen molar-refractivity contribution in [1.29, 1.82) is 0 Å². The Morgan fingerprint density at radius 3 is 2.68 bits per heavy atom. The zero-order chi connectivity index (χ0) is 27.4. The molecular weight excluding hydrogens is 508 g/mol. The molecule has 0 aromatic heterocycles. The minimum Gasteiger partial charge on any atom is -0.495 e. The van der Waals surface area contributed by atoms with Gasteiger partial charge in [-0.15, -0.1) is 0 Å². The number of aliphatic hydroxyl groups excluding tert-OH is 1. The van der Waals surface area contributed by atoms with Crippen molar-refractivity contribution in [2.45, 2.75) is 72.5 Å². The van der Waals surface area contributed by atoms with Gasteiger partial charge in [0.1, 0.15) is 23.7 Å². The van der Waals surface area contributed by atoms with E-state index in [2.05, 4.69) is 0 Å². The number of esters is 2. The van der Waals surface area contributed by atoms with Gasteiger partial charge in [-0.25, -0.2) is 4.79 Å². The molecule has 2 aromatic carbocycles. The summed E-state index contributed by atoms with van der Waals surface area (Å²) in [7, 11) is 1.44. The van der Waals surface area contributed by atoms with E-state index in [9.17, 15) is 14.7 Å². The first-order valence-electron chi connectivity index (χ1n) is 13.3. The summed E-state index contributed by atoms with van der Waals surface area (Å²) < 4.78 is 23.6. The number of cyclic esters (lactones) is 1. The van der Waals surface area contributed by atoms with Crippen LogP contribution in [0.5, 0.6) is 23.0 Å². The average Bonchev–Trinajstić information content (AvgIpc) is 3.46. The number of rotatable bonds is 6. The summed E-state index contributed by atoms with van der Waals surface area (Å²) in [5, 5.41) is 11.2. The summed E-state index contributed by atoms with van der Waals surface area (Å²) >= 11 is 6.63. The maximum absolute atomic E-state index is 13.5. The lowest BCUT2D eigenvalue weighted by molar-refractivity contribution is -0.148. The fourth-order valence-electron chi connectivity index (χ4n) is 6.44. The van der Waals surface area contributed by atoms with Crippen LogP contribution in [0.25, 0.3) is 0 Å². The molecule has 204 valence electrons. The van der Waals surface area contributed by atoms with Gasteiger partial charge in [0.25, 0.3) is 0 Å². The molecule has 2 bridgehead atoms. The summed E-state index contributed by atoms with van der Waals surface area (Å²) in [6.45, 7) is 7.63. The Kier molecular flexibility index (Phi) is 7.12. The van der Waals surface area contributed by atoms with Crippen LogP contribution in [0.1, 0.15) is 86.0 Å².